The lowest BCUT2D eigenvalue weighted by Crippen LogP contribution is -2.41. The zero-order chi connectivity index (χ0) is 21.2. The first-order chi connectivity index (χ1) is 13.6. The zero-order valence-corrected chi connectivity index (χ0v) is 17.6. The number of thiophene rings is 1. The van der Waals surface area contributed by atoms with Crippen LogP contribution in [-0.2, 0) is 12.8 Å². The van der Waals surface area contributed by atoms with Crippen molar-refractivity contribution in [3.8, 4) is 0 Å². The van der Waals surface area contributed by atoms with Crippen LogP contribution in [0.5, 0.6) is 0 Å². The minimum Gasteiger partial charge on any atom is -0.351 e. The van der Waals surface area contributed by atoms with E-state index in [0.717, 1.165) is 19.3 Å². The maximum atomic E-state index is 12.5. The molecule has 3 rings (SSSR count). The molecule has 7 nitrogen and oxygen atoms in total. The number of benzene rings is 1. The fourth-order valence-corrected chi connectivity index (χ4v) is 4.57. The van der Waals surface area contributed by atoms with Crippen LogP contribution in [0.4, 0.5) is 10.5 Å². The van der Waals surface area contributed by atoms with Gasteiger partial charge in [0, 0.05) is 16.1 Å². The molecule has 154 valence electrons. The number of hydrogen-bond acceptors (Lipinski definition) is 4. The van der Waals surface area contributed by atoms with Crippen LogP contribution < -0.4 is 21.9 Å². The van der Waals surface area contributed by atoms with E-state index in [1.165, 1.54) is 33.9 Å². The van der Waals surface area contributed by atoms with Gasteiger partial charge < -0.3 is 11.1 Å². The molecule has 0 spiro atoms. The summed E-state index contributed by atoms with van der Waals surface area (Å²) in [6, 6.07) is 7.44. The summed E-state index contributed by atoms with van der Waals surface area (Å²) in [5.41, 5.74) is 12.3. The molecule has 1 atom stereocenters. The summed E-state index contributed by atoms with van der Waals surface area (Å²) in [5, 5.41) is 2.42. The molecule has 5 N–H and O–H groups in total. The van der Waals surface area contributed by atoms with Gasteiger partial charge in [0.2, 0.25) is 0 Å². The second kappa shape index (κ2) is 8.24. The monoisotopic (exact) mass is 414 g/mol. The molecular formula is C21H26N4O3S. The Kier molecular flexibility index (Phi) is 5.93. The lowest BCUT2D eigenvalue weighted by Gasteiger charge is -2.33. The second-order valence-electron chi connectivity index (χ2n) is 8.34. The van der Waals surface area contributed by atoms with Gasteiger partial charge in [0.15, 0.2) is 0 Å². The van der Waals surface area contributed by atoms with Gasteiger partial charge in [-0.05, 0) is 66.5 Å². The number of aryl methyl sites for hydroxylation is 1. The summed E-state index contributed by atoms with van der Waals surface area (Å²) in [7, 11) is 0. The molecule has 0 bridgehead atoms. The van der Waals surface area contributed by atoms with Crippen molar-refractivity contribution in [3.63, 3.8) is 0 Å². The number of amides is 4. The lowest BCUT2D eigenvalue weighted by molar-refractivity contribution is 0.0849. The van der Waals surface area contributed by atoms with Crippen LogP contribution in [-0.4, -0.2) is 17.8 Å². The number of carbonyl (C=O) groups excluding carboxylic acids is 3. The number of fused-ring (bicyclic) bond motifs is 1. The number of anilines is 1. The molecular weight excluding hydrogens is 388 g/mol. The van der Waals surface area contributed by atoms with Crippen molar-refractivity contribution < 1.29 is 14.4 Å². The summed E-state index contributed by atoms with van der Waals surface area (Å²) in [4.78, 5) is 37.4. The quantitative estimate of drug-likeness (QED) is 0.577. The first-order valence-electron chi connectivity index (χ1n) is 9.52. The van der Waals surface area contributed by atoms with Crippen molar-refractivity contribution >= 4 is 34.9 Å². The van der Waals surface area contributed by atoms with Crippen LogP contribution in [0, 0.1) is 11.3 Å². The van der Waals surface area contributed by atoms with Gasteiger partial charge in [0.1, 0.15) is 0 Å². The minimum absolute atomic E-state index is 0.249. The number of urea groups is 1. The molecule has 1 aliphatic carbocycles. The average Bonchev–Trinajstić information content (AvgIpc) is 3.08. The summed E-state index contributed by atoms with van der Waals surface area (Å²) < 4.78 is 0. The lowest BCUT2D eigenvalue weighted by atomic mass is 9.72. The highest BCUT2D eigenvalue weighted by Crippen LogP contribution is 2.40. The highest BCUT2D eigenvalue weighted by atomic mass is 32.1. The van der Waals surface area contributed by atoms with Crippen molar-refractivity contribution in [2.45, 2.75) is 40.0 Å². The summed E-state index contributed by atoms with van der Waals surface area (Å²) >= 11 is 1.50. The molecule has 1 aromatic carbocycles. The van der Waals surface area contributed by atoms with Crippen LogP contribution in [0.2, 0.25) is 0 Å². The smallest absolute Gasteiger partial charge is 0.316 e. The molecule has 0 aliphatic heterocycles. The first kappa shape index (κ1) is 20.9. The van der Waals surface area contributed by atoms with Gasteiger partial charge in [0.05, 0.1) is 4.88 Å². The number of hydrogen-bond donors (Lipinski definition) is 4. The second-order valence-corrected chi connectivity index (χ2v) is 9.48. The Labute approximate surface area is 174 Å². The molecule has 1 unspecified atom stereocenters. The predicted molar refractivity (Wildman–Crippen MR) is 114 cm³/mol. The molecule has 0 saturated heterocycles. The van der Waals surface area contributed by atoms with Gasteiger partial charge in [-0.2, -0.15) is 0 Å². The van der Waals surface area contributed by atoms with E-state index in [2.05, 4.69) is 36.9 Å². The SMILES string of the molecule is CC(C)(C)C1CCc2sc(C(=O)NNC(=O)c3ccc(NC(N)=O)cc3)cc2C1. The van der Waals surface area contributed by atoms with Crippen LogP contribution in [0.25, 0.3) is 0 Å². The number of rotatable bonds is 3. The number of carbonyl (C=O) groups is 3. The first-order valence-corrected chi connectivity index (χ1v) is 10.3. The van der Waals surface area contributed by atoms with Crippen LogP contribution in [0.3, 0.4) is 0 Å². The maximum Gasteiger partial charge on any atom is 0.316 e. The van der Waals surface area contributed by atoms with E-state index in [9.17, 15) is 14.4 Å². The topological polar surface area (TPSA) is 113 Å². The highest BCUT2D eigenvalue weighted by Gasteiger charge is 2.30. The molecule has 1 aromatic heterocycles. The number of hydrazine groups is 1. The normalized spacial score (nSPS) is 15.9. The Morgan fingerprint density at radius 3 is 2.34 bits per heavy atom. The Morgan fingerprint density at radius 2 is 1.72 bits per heavy atom. The molecule has 0 saturated carbocycles. The van der Waals surface area contributed by atoms with Gasteiger partial charge in [-0.15, -0.1) is 11.3 Å². The molecule has 0 radical (unpaired) electrons. The third-order valence-electron chi connectivity index (χ3n) is 5.24. The van der Waals surface area contributed by atoms with E-state index >= 15 is 0 Å². The van der Waals surface area contributed by atoms with Crippen molar-refractivity contribution in [2.75, 3.05) is 5.32 Å². The number of nitrogens with one attached hydrogen (secondary N) is 3. The van der Waals surface area contributed by atoms with Gasteiger partial charge >= 0.3 is 6.03 Å². The van der Waals surface area contributed by atoms with Gasteiger partial charge in [-0.1, -0.05) is 20.8 Å². The van der Waals surface area contributed by atoms with E-state index in [1.54, 1.807) is 12.1 Å². The summed E-state index contributed by atoms with van der Waals surface area (Å²) in [6.45, 7) is 6.78. The Balaban J connectivity index is 1.58. The van der Waals surface area contributed by atoms with Crippen LogP contribution in [0.15, 0.2) is 30.3 Å². The highest BCUT2D eigenvalue weighted by molar-refractivity contribution is 7.14. The summed E-state index contributed by atoms with van der Waals surface area (Å²) in [6.07, 6.45) is 3.11. The average molecular weight is 415 g/mol. The van der Waals surface area contributed by atoms with Gasteiger partial charge in [-0.25, -0.2) is 4.79 Å². The Hall–Kier alpha value is -2.87. The van der Waals surface area contributed by atoms with E-state index in [-0.39, 0.29) is 11.3 Å². The number of nitrogens with two attached hydrogens (primary N) is 1. The molecule has 1 aliphatic rings. The third-order valence-corrected chi connectivity index (χ3v) is 6.47. The van der Waals surface area contributed by atoms with Crippen molar-refractivity contribution in [3.05, 3.63) is 51.2 Å². The standard InChI is InChI=1S/C21H26N4O3S/c1-21(2,3)14-6-9-16-13(10-14)11-17(29-16)19(27)25-24-18(26)12-4-7-15(8-5-12)23-20(22)28/h4-5,7-8,11,14H,6,9-10H2,1-3H3,(H,24,26)(H,25,27)(H3,22,23,28). The molecule has 2 aromatic rings. The largest absolute Gasteiger partial charge is 0.351 e. The minimum atomic E-state index is -0.679. The maximum absolute atomic E-state index is 12.5. The fourth-order valence-electron chi connectivity index (χ4n) is 3.47. The van der Waals surface area contributed by atoms with Crippen molar-refractivity contribution in [1.29, 1.82) is 0 Å². The molecule has 4 amide bonds. The third kappa shape index (κ3) is 5.14. The fraction of sp³-hybridized carbons (Fsp3) is 0.381. The van der Waals surface area contributed by atoms with Gasteiger partial charge in [0.25, 0.3) is 11.8 Å². The Morgan fingerprint density at radius 1 is 1.07 bits per heavy atom. The van der Waals surface area contributed by atoms with E-state index in [0.29, 0.717) is 22.0 Å². The van der Waals surface area contributed by atoms with Crippen LogP contribution in [0.1, 0.15) is 57.7 Å². The van der Waals surface area contributed by atoms with Crippen molar-refractivity contribution in [1.82, 2.24) is 10.9 Å². The molecule has 1 heterocycles. The van der Waals surface area contributed by atoms with E-state index < -0.39 is 11.9 Å². The summed E-state index contributed by atoms with van der Waals surface area (Å²) in [5.74, 6) is -0.164. The predicted octanol–water partition coefficient (Wildman–Crippen LogP) is 3.46. The van der Waals surface area contributed by atoms with E-state index in [1.807, 2.05) is 6.07 Å². The molecule has 29 heavy (non-hydrogen) atoms. The number of primary amides is 1. The Bertz CT molecular complexity index is 928. The van der Waals surface area contributed by atoms with E-state index in [4.69, 9.17) is 5.73 Å². The van der Waals surface area contributed by atoms with Crippen LogP contribution >= 0.6 is 11.3 Å². The molecule has 8 heteroatoms. The zero-order valence-electron chi connectivity index (χ0n) is 16.8. The van der Waals surface area contributed by atoms with Gasteiger partial charge in [-0.3, -0.25) is 20.4 Å². The van der Waals surface area contributed by atoms with Crippen molar-refractivity contribution in [2.24, 2.45) is 17.1 Å². The molecule has 0 fully saturated rings.